The molecule has 2 N–H and O–H groups in total. The standard InChI is InChI=1S/C31H28N2O3/c1-21-3-11-25(12-4-21)29(34)27-15-7-23(8-16-27)19-32-31(36)33-20-24-9-17-28(18-10-24)30(35)26-13-5-22(2)6-14-26/h3-18H,19-20H2,1-2H3,(H2,32,33,36). The fourth-order valence-corrected chi connectivity index (χ4v) is 3.72. The van der Waals surface area contributed by atoms with E-state index in [-0.39, 0.29) is 17.6 Å². The Hall–Kier alpha value is -4.51. The molecule has 0 bridgehead atoms. The number of carbonyl (C=O) groups is 3. The van der Waals surface area contributed by atoms with Crippen molar-refractivity contribution in [3.8, 4) is 0 Å². The van der Waals surface area contributed by atoms with E-state index in [1.807, 2.05) is 86.6 Å². The van der Waals surface area contributed by atoms with Gasteiger partial charge in [0.1, 0.15) is 0 Å². The molecule has 0 aliphatic heterocycles. The molecule has 0 atom stereocenters. The summed E-state index contributed by atoms with van der Waals surface area (Å²) >= 11 is 0. The molecule has 4 rings (SSSR count). The molecular weight excluding hydrogens is 448 g/mol. The lowest BCUT2D eigenvalue weighted by Crippen LogP contribution is -2.34. The van der Waals surface area contributed by atoms with Gasteiger partial charge in [0.05, 0.1) is 0 Å². The van der Waals surface area contributed by atoms with E-state index in [0.29, 0.717) is 35.3 Å². The van der Waals surface area contributed by atoms with E-state index in [4.69, 9.17) is 0 Å². The molecule has 36 heavy (non-hydrogen) atoms. The first-order valence-corrected chi connectivity index (χ1v) is 11.8. The molecule has 0 radical (unpaired) electrons. The lowest BCUT2D eigenvalue weighted by molar-refractivity contribution is 0.103. The van der Waals surface area contributed by atoms with Crippen molar-refractivity contribution in [2.75, 3.05) is 0 Å². The van der Waals surface area contributed by atoms with E-state index in [0.717, 1.165) is 22.3 Å². The molecule has 0 spiro atoms. The Kier molecular flexibility index (Phi) is 7.71. The molecule has 2 amide bonds. The van der Waals surface area contributed by atoms with Gasteiger partial charge in [0, 0.05) is 35.3 Å². The van der Waals surface area contributed by atoms with Crippen molar-refractivity contribution >= 4 is 17.6 Å². The van der Waals surface area contributed by atoms with Gasteiger partial charge in [-0.15, -0.1) is 0 Å². The summed E-state index contributed by atoms with van der Waals surface area (Å²) in [7, 11) is 0. The zero-order valence-corrected chi connectivity index (χ0v) is 20.4. The van der Waals surface area contributed by atoms with Crippen molar-refractivity contribution in [3.05, 3.63) is 142 Å². The number of nitrogens with one attached hydrogen (secondary N) is 2. The average Bonchev–Trinajstić information content (AvgIpc) is 2.91. The molecule has 0 aliphatic carbocycles. The van der Waals surface area contributed by atoms with E-state index in [1.54, 1.807) is 24.3 Å². The van der Waals surface area contributed by atoms with Gasteiger partial charge in [-0.3, -0.25) is 9.59 Å². The second-order valence-electron chi connectivity index (χ2n) is 8.82. The van der Waals surface area contributed by atoms with Crippen LogP contribution in [-0.4, -0.2) is 17.6 Å². The predicted molar refractivity (Wildman–Crippen MR) is 141 cm³/mol. The normalized spacial score (nSPS) is 10.5. The number of ketones is 2. The topological polar surface area (TPSA) is 75.3 Å². The zero-order chi connectivity index (χ0) is 25.5. The Balaban J connectivity index is 1.24. The number of hydrogen-bond donors (Lipinski definition) is 2. The lowest BCUT2D eigenvalue weighted by atomic mass is 10.0. The summed E-state index contributed by atoms with van der Waals surface area (Å²) in [5.41, 5.74) is 6.52. The van der Waals surface area contributed by atoms with Crippen LogP contribution in [0.5, 0.6) is 0 Å². The molecule has 0 heterocycles. The minimum absolute atomic E-state index is 0.0289. The molecule has 0 aliphatic rings. The molecule has 4 aromatic rings. The predicted octanol–water partition coefficient (Wildman–Crippen LogP) is 5.76. The molecule has 5 nitrogen and oxygen atoms in total. The minimum Gasteiger partial charge on any atom is -0.334 e. The summed E-state index contributed by atoms with van der Waals surface area (Å²) in [5, 5.41) is 5.64. The van der Waals surface area contributed by atoms with Crippen LogP contribution in [0.15, 0.2) is 97.1 Å². The van der Waals surface area contributed by atoms with Crippen molar-refractivity contribution in [1.82, 2.24) is 10.6 Å². The first kappa shape index (κ1) is 24.6. The Morgan fingerprint density at radius 1 is 0.472 bits per heavy atom. The van der Waals surface area contributed by atoms with Gasteiger partial charge in [0.15, 0.2) is 11.6 Å². The van der Waals surface area contributed by atoms with Gasteiger partial charge in [-0.1, -0.05) is 108 Å². The molecule has 4 aromatic carbocycles. The molecule has 180 valence electrons. The van der Waals surface area contributed by atoms with Crippen molar-refractivity contribution in [1.29, 1.82) is 0 Å². The molecule has 0 unspecified atom stereocenters. The summed E-state index contributed by atoms with van der Waals surface area (Å²) in [4.78, 5) is 37.4. The number of aryl methyl sites for hydroxylation is 2. The second-order valence-corrected chi connectivity index (χ2v) is 8.82. The monoisotopic (exact) mass is 476 g/mol. The second kappa shape index (κ2) is 11.3. The maximum absolute atomic E-state index is 12.6. The summed E-state index contributed by atoms with van der Waals surface area (Å²) in [5.74, 6) is -0.0577. The highest BCUT2D eigenvalue weighted by molar-refractivity contribution is 6.09. The van der Waals surface area contributed by atoms with Crippen LogP contribution in [0.25, 0.3) is 0 Å². The number of carbonyl (C=O) groups excluding carboxylic acids is 3. The van der Waals surface area contributed by atoms with Crippen molar-refractivity contribution in [3.63, 3.8) is 0 Å². The van der Waals surface area contributed by atoms with E-state index in [1.165, 1.54) is 0 Å². The number of hydrogen-bond acceptors (Lipinski definition) is 3. The summed E-state index contributed by atoms with van der Waals surface area (Å²) < 4.78 is 0. The Bertz CT molecular complexity index is 1250. The van der Waals surface area contributed by atoms with Crippen LogP contribution in [0.4, 0.5) is 4.79 Å². The third-order valence-corrected chi connectivity index (χ3v) is 5.97. The molecule has 0 fully saturated rings. The van der Waals surface area contributed by atoms with Crippen LogP contribution in [-0.2, 0) is 13.1 Å². The number of benzene rings is 4. The van der Waals surface area contributed by atoms with E-state index in [2.05, 4.69) is 10.6 Å². The van der Waals surface area contributed by atoms with E-state index < -0.39 is 0 Å². The number of amides is 2. The third kappa shape index (κ3) is 6.33. The fourth-order valence-electron chi connectivity index (χ4n) is 3.72. The van der Waals surface area contributed by atoms with Crippen LogP contribution < -0.4 is 10.6 Å². The summed E-state index contributed by atoms with van der Waals surface area (Å²) in [6, 6.07) is 29.1. The van der Waals surface area contributed by atoms with Crippen molar-refractivity contribution in [2.24, 2.45) is 0 Å². The molecular formula is C31H28N2O3. The van der Waals surface area contributed by atoms with Crippen LogP contribution in [0.3, 0.4) is 0 Å². The largest absolute Gasteiger partial charge is 0.334 e. The zero-order valence-electron chi connectivity index (χ0n) is 20.4. The van der Waals surface area contributed by atoms with E-state index >= 15 is 0 Å². The summed E-state index contributed by atoms with van der Waals surface area (Å²) in [6.45, 7) is 4.65. The van der Waals surface area contributed by atoms with Gasteiger partial charge in [0.25, 0.3) is 0 Å². The highest BCUT2D eigenvalue weighted by Crippen LogP contribution is 2.14. The van der Waals surface area contributed by atoms with Crippen LogP contribution in [0.1, 0.15) is 54.1 Å². The minimum atomic E-state index is -0.297. The summed E-state index contributed by atoms with van der Waals surface area (Å²) in [6.07, 6.45) is 0. The van der Waals surface area contributed by atoms with Gasteiger partial charge in [-0.05, 0) is 25.0 Å². The first-order valence-electron chi connectivity index (χ1n) is 11.8. The number of rotatable bonds is 8. The van der Waals surface area contributed by atoms with Crippen molar-refractivity contribution in [2.45, 2.75) is 26.9 Å². The van der Waals surface area contributed by atoms with Gasteiger partial charge in [0.2, 0.25) is 0 Å². The van der Waals surface area contributed by atoms with Crippen molar-refractivity contribution < 1.29 is 14.4 Å². The highest BCUT2D eigenvalue weighted by atomic mass is 16.2. The van der Waals surface area contributed by atoms with Crippen LogP contribution in [0, 0.1) is 13.8 Å². The molecule has 0 saturated heterocycles. The van der Waals surface area contributed by atoms with Gasteiger partial charge in [-0.2, -0.15) is 0 Å². The Morgan fingerprint density at radius 2 is 0.750 bits per heavy atom. The molecule has 0 saturated carbocycles. The van der Waals surface area contributed by atoms with Crippen LogP contribution in [0.2, 0.25) is 0 Å². The maximum Gasteiger partial charge on any atom is 0.315 e. The molecule has 0 aromatic heterocycles. The Labute approximate surface area is 211 Å². The van der Waals surface area contributed by atoms with Gasteiger partial charge in [-0.25, -0.2) is 4.79 Å². The fraction of sp³-hybridized carbons (Fsp3) is 0.129. The first-order chi connectivity index (χ1) is 17.4. The van der Waals surface area contributed by atoms with Gasteiger partial charge >= 0.3 is 6.03 Å². The lowest BCUT2D eigenvalue weighted by Gasteiger charge is -2.09. The average molecular weight is 477 g/mol. The Morgan fingerprint density at radius 3 is 1.06 bits per heavy atom. The van der Waals surface area contributed by atoms with Gasteiger partial charge < -0.3 is 10.6 Å². The quantitative estimate of drug-likeness (QED) is 0.317. The highest BCUT2D eigenvalue weighted by Gasteiger charge is 2.10. The molecule has 5 heteroatoms. The van der Waals surface area contributed by atoms with E-state index in [9.17, 15) is 14.4 Å². The maximum atomic E-state index is 12.6. The third-order valence-electron chi connectivity index (χ3n) is 5.97. The van der Waals surface area contributed by atoms with Crippen LogP contribution >= 0.6 is 0 Å². The SMILES string of the molecule is Cc1ccc(C(=O)c2ccc(CNC(=O)NCc3ccc(C(=O)c4ccc(C)cc4)cc3)cc2)cc1. The smallest absolute Gasteiger partial charge is 0.315 e. The number of urea groups is 1.